The lowest BCUT2D eigenvalue weighted by molar-refractivity contribution is 0.0979. The van der Waals surface area contributed by atoms with E-state index in [0.717, 1.165) is 6.42 Å². The molecule has 1 atom stereocenters. The molecular formula is C10H23O4P. The van der Waals surface area contributed by atoms with Crippen molar-refractivity contribution in [2.45, 2.75) is 65.5 Å². The zero-order valence-corrected chi connectivity index (χ0v) is 11.2. The average Bonchev–Trinajstić information content (AvgIpc) is 2.01. The van der Waals surface area contributed by atoms with Crippen LogP contribution in [-0.2, 0) is 13.6 Å². The zero-order chi connectivity index (χ0) is 12.1. The van der Waals surface area contributed by atoms with E-state index in [1.807, 2.05) is 6.92 Å². The summed E-state index contributed by atoms with van der Waals surface area (Å²) in [6.07, 6.45) is 0.729. The SMILES string of the molecule is CCC[C@H](O)P(=O)(OC(C)C)OC(C)C. The number of aliphatic hydroxyl groups excluding tert-OH is 1. The first-order valence-corrected chi connectivity index (χ1v) is 7.07. The van der Waals surface area contributed by atoms with Crippen LogP contribution >= 0.6 is 7.60 Å². The summed E-state index contributed by atoms with van der Waals surface area (Å²) in [7, 11) is -3.38. The van der Waals surface area contributed by atoms with Gasteiger partial charge < -0.3 is 14.2 Å². The molecule has 5 heteroatoms. The lowest BCUT2D eigenvalue weighted by atomic mass is 10.4. The molecule has 0 unspecified atom stereocenters. The number of aliphatic hydroxyl groups is 1. The minimum absolute atomic E-state index is 0.221. The van der Waals surface area contributed by atoms with E-state index in [4.69, 9.17) is 9.05 Å². The van der Waals surface area contributed by atoms with E-state index in [1.54, 1.807) is 27.7 Å². The number of hydrogen-bond acceptors (Lipinski definition) is 4. The molecule has 0 rings (SSSR count). The maximum atomic E-state index is 12.2. The molecule has 0 fully saturated rings. The summed E-state index contributed by atoms with van der Waals surface area (Å²) in [5.74, 6) is -1.02. The topological polar surface area (TPSA) is 55.8 Å². The minimum atomic E-state index is -3.38. The van der Waals surface area contributed by atoms with Crippen molar-refractivity contribution < 1.29 is 18.7 Å². The summed E-state index contributed by atoms with van der Waals surface area (Å²) in [5, 5.41) is 9.75. The van der Waals surface area contributed by atoms with Gasteiger partial charge in [0.05, 0.1) is 12.2 Å². The molecule has 0 spiro atoms. The molecule has 0 aliphatic rings. The summed E-state index contributed by atoms with van der Waals surface area (Å²) in [6.45, 7) is 9.01. The molecule has 0 aliphatic carbocycles. The van der Waals surface area contributed by atoms with Gasteiger partial charge in [0.15, 0.2) is 5.85 Å². The van der Waals surface area contributed by atoms with Crippen molar-refractivity contribution >= 4 is 7.60 Å². The Hall–Kier alpha value is 0.110. The Morgan fingerprint density at radius 1 is 1.13 bits per heavy atom. The largest absolute Gasteiger partial charge is 0.380 e. The van der Waals surface area contributed by atoms with Crippen molar-refractivity contribution in [3.63, 3.8) is 0 Å². The van der Waals surface area contributed by atoms with Crippen LogP contribution in [-0.4, -0.2) is 23.2 Å². The first-order valence-electron chi connectivity index (χ1n) is 5.46. The Morgan fingerprint density at radius 2 is 1.53 bits per heavy atom. The van der Waals surface area contributed by atoms with E-state index in [0.29, 0.717) is 6.42 Å². The van der Waals surface area contributed by atoms with Crippen molar-refractivity contribution in [2.75, 3.05) is 0 Å². The second-order valence-corrected chi connectivity index (χ2v) is 6.21. The van der Waals surface area contributed by atoms with Crippen molar-refractivity contribution in [3.05, 3.63) is 0 Å². The second-order valence-electron chi connectivity index (χ2n) is 4.12. The maximum absolute atomic E-state index is 12.2. The lowest BCUT2D eigenvalue weighted by Gasteiger charge is -2.26. The van der Waals surface area contributed by atoms with Gasteiger partial charge in [-0.15, -0.1) is 0 Å². The first-order chi connectivity index (χ1) is 6.81. The van der Waals surface area contributed by atoms with Crippen molar-refractivity contribution in [1.82, 2.24) is 0 Å². The predicted octanol–water partition coefficient (Wildman–Crippen LogP) is 3.15. The van der Waals surface area contributed by atoms with Crippen LogP contribution in [0.4, 0.5) is 0 Å². The molecule has 0 aromatic carbocycles. The fourth-order valence-electron chi connectivity index (χ4n) is 1.17. The molecule has 0 saturated heterocycles. The van der Waals surface area contributed by atoms with Crippen molar-refractivity contribution in [1.29, 1.82) is 0 Å². The molecule has 1 N–H and O–H groups in total. The standard InChI is InChI=1S/C10H23O4P/c1-6-7-10(11)15(12,13-8(2)3)14-9(4)5/h8-11H,6-7H2,1-5H3/t10-/m1/s1. The van der Waals surface area contributed by atoms with Gasteiger partial charge >= 0.3 is 7.60 Å². The van der Waals surface area contributed by atoms with E-state index in [-0.39, 0.29) is 12.2 Å². The molecule has 0 aliphatic heterocycles. The van der Waals surface area contributed by atoms with Gasteiger partial charge in [0.1, 0.15) is 0 Å². The Morgan fingerprint density at radius 3 is 1.80 bits per heavy atom. The third-order valence-corrected chi connectivity index (χ3v) is 4.05. The Balaban J connectivity index is 4.60. The van der Waals surface area contributed by atoms with E-state index in [1.165, 1.54) is 0 Å². The van der Waals surface area contributed by atoms with Gasteiger partial charge in [-0.3, -0.25) is 4.57 Å². The average molecular weight is 238 g/mol. The Labute approximate surface area is 92.5 Å². The van der Waals surface area contributed by atoms with E-state index in [9.17, 15) is 9.67 Å². The van der Waals surface area contributed by atoms with Gasteiger partial charge in [-0.2, -0.15) is 0 Å². The molecule has 0 saturated carbocycles. The monoisotopic (exact) mass is 238 g/mol. The molecule has 0 heterocycles. The summed E-state index contributed by atoms with van der Waals surface area (Å²) >= 11 is 0. The third kappa shape index (κ3) is 5.67. The third-order valence-electron chi connectivity index (χ3n) is 1.63. The quantitative estimate of drug-likeness (QED) is 0.692. The second kappa shape index (κ2) is 6.64. The summed E-state index contributed by atoms with van der Waals surface area (Å²) in [4.78, 5) is 0. The molecule has 0 aromatic heterocycles. The van der Waals surface area contributed by atoms with Gasteiger partial charge in [0.2, 0.25) is 0 Å². The normalized spacial score (nSPS) is 14.9. The summed E-state index contributed by atoms with van der Waals surface area (Å²) in [5.41, 5.74) is 0. The fraction of sp³-hybridized carbons (Fsp3) is 1.00. The van der Waals surface area contributed by atoms with Crippen LogP contribution in [0.5, 0.6) is 0 Å². The highest BCUT2D eigenvalue weighted by atomic mass is 31.2. The van der Waals surface area contributed by atoms with Crippen LogP contribution in [0.3, 0.4) is 0 Å². The summed E-state index contributed by atoms with van der Waals surface area (Å²) in [6, 6.07) is 0. The highest BCUT2D eigenvalue weighted by Gasteiger charge is 2.35. The van der Waals surface area contributed by atoms with E-state index >= 15 is 0 Å². The van der Waals surface area contributed by atoms with Crippen LogP contribution in [0.15, 0.2) is 0 Å². The minimum Gasteiger partial charge on any atom is -0.380 e. The lowest BCUT2D eigenvalue weighted by Crippen LogP contribution is -2.17. The zero-order valence-electron chi connectivity index (χ0n) is 10.3. The smallest absolute Gasteiger partial charge is 0.359 e. The molecule has 0 aromatic rings. The van der Waals surface area contributed by atoms with Gasteiger partial charge in [0.25, 0.3) is 0 Å². The summed E-state index contributed by atoms with van der Waals surface area (Å²) < 4.78 is 22.7. The molecule has 15 heavy (non-hydrogen) atoms. The van der Waals surface area contributed by atoms with Crippen LogP contribution in [0.25, 0.3) is 0 Å². The highest BCUT2D eigenvalue weighted by molar-refractivity contribution is 7.54. The van der Waals surface area contributed by atoms with Crippen LogP contribution in [0.1, 0.15) is 47.5 Å². The number of hydrogen-bond donors (Lipinski definition) is 1. The first kappa shape index (κ1) is 15.1. The number of rotatable bonds is 7. The predicted molar refractivity (Wildman–Crippen MR) is 61.0 cm³/mol. The molecule has 92 valence electrons. The van der Waals surface area contributed by atoms with E-state index in [2.05, 4.69) is 0 Å². The fourth-order valence-corrected chi connectivity index (χ4v) is 3.25. The molecule has 0 amide bonds. The molecular weight excluding hydrogens is 215 g/mol. The van der Waals surface area contributed by atoms with Crippen molar-refractivity contribution in [2.24, 2.45) is 0 Å². The van der Waals surface area contributed by atoms with Gasteiger partial charge in [-0.1, -0.05) is 13.3 Å². The Bertz CT molecular complexity index is 201. The molecule has 0 radical (unpaired) electrons. The van der Waals surface area contributed by atoms with Gasteiger partial charge in [-0.05, 0) is 34.1 Å². The molecule has 4 nitrogen and oxygen atoms in total. The van der Waals surface area contributed by atoms with Crippen LogP contribution in [0.2, 0.25) is 0 Å². The van der Waals surface area contributed by atoms with Gasteiger partial charge in [-0.25, -0.2) is 0 Å². The van der Waals surface area contributed by atoms with Gasteiger partial charge in [0, 0.05) is 0 Å². The maximum Gasteiger partial charge on any atom is 0.359 e. The van der Waals surface area contributed by atoms with Crippen LogP contribution in [0, 0.1) is 0 Å². The van der Waals surface area contributed by atoms with E-state index < -0.39 is 13.4 Å². The van der Waals surface area contributed by atoms with Crippen LogP contribution < -0.4 is 0 Å². The van der Waals surface area contributed by atoms with Crippen molar-refractivity contribution in [3.8, 4) is 0 Å². The highest BCUT2D eigenvalue weighted by Crippen LogP contribution is 2.55. The molecule has 0 bridgehead atoms. The Kier molecular flexibility index (Phi) is 6.69.